The third-order valence-electron chi connectivity index (χ3n) is 2.28. The van der Waals surface area contributed by atoms with Crippen molar-refractivity contribution in [2.24, 2.45) is 0 Å². The van der Waals surface area contributed by atoms with Gasteiger partial charge in [-0.2, -0.15) is 0 Å². The second-order valence-electron chi connectivity index (χ2n) is 3.44. The third-order valence-corrected chi connectivity index (χ3v) is 2.75. The van der Waals surface area contributed by atoms with Crippen LogP contribution in [0.15, 0.2) is 0 Å². The number of morpholine rings is 1. The molecule has 3 nitrogen and oxygen atoms in total. The molecule has 0 aromatic carbocycles. The van der Waals surface area contributed by atoms with Crippen molar-refractivity contribution in [3.05, 3.63) is 0 Å². The molecule has 2 unspecified atom stereocenters. The van der Waals surface area contributed by atoms with Crippen LogP contribution in [-0.2, 0) is 4.74 Å². The van der Waals surface area contributed by atoms with Crippen molar-refractivity contribution < 1.29 is 4.74 Å². The quantitative estimate of drug-likeness (QED) is 0.641. The molecule has 0 aliphatic carbocycles. The number of ether oxygens (including phenoxy) is 1. The molecule has 0 bridgehead atoms. The topological polar surface area (TPSA) is 24.5 Å². The van der Waals surface area contributed by atoms with Crippen LogP contribution in [0, 0.1) is 0 Å². The van der Waals surface area contributed by atoms with Crippen LogP contribution in [0.5, 0.6) is 0 Å². The van der Waals surface area contributed by atoms with Gasteiger partial charge in [-0.15, -0.1) is 0 Å². The van der Waals surface area contributed by atoms with Crippen molar-refractivity contribution >= 4 is 17.3 Å². The molecule has 0 radical (unpaired) electrons. The fraction of sp³-hybridized carbons (Fsp3) is 0.889. The van der Waals surface area contributed by atoms with Crippen LogP contribution in [0.2, 0.25) is 0 Å². The summed E-state index contributed by atoms with van der Waals surface area (Å²) in [5.41, 5.74) is 0. The van der Waals surface area contributed by atoms with E-state index < -0.39 is 0 Å². The van der Waals surface area contributed by atoms with Gasteiger partial charge in [0.05, 0.1) is 12.2 Å². The normalized spacial score (nSPS) is 28.7. The van der Waals surface area contributed by atoms with Gasteiger partial charge in [0.25, 0.3) is 0 Å². The highest BCUT2D eigenvalue weighted by molar-refractivity contribution is 7.80. The Kier molecular flexibility index (Phi) is 3.93. The minimum Gasteiger partial charge on any atom is -0.372 e. The molecule has 0 amide bonds. The van der Waals surface area contributed by atoms with Crippen LogP contribution >= 0.6 is 12.2 Å². The average molecular weight is 202 g/mol. The fourth-order valence-corrected chi connectivity index (χ4v) is 1.74. The van der Waals surface area contributed by atoms with E-state index in [2.05, 4.69) is 24.1 Å². The van der Waals surface area contributed by atoms with Gasteiger partial charge in [-0.3, -0.25) is 0 Å². The molecule has 0 spiro atoms. The first-order chi connectivity index (χ1) is 6.17. The molecule has 2 atom stereocenters. The molecule has 1 rings (SSSR count). The van der Waals surface area contributed by atoms with E-state index in [0.717, 1.165) is 24.6 Å². The van der Waals surface area contributed by atoms with E-state index >= 15 is 0 Å². The largest absolute Gasteiger partial charge is 0.372 e. The Labute approximate surface area is 85.4 Å². The second-order valence-corrected chi connectivity index (χ2v) is 3.82. The zero-order valence-electron chi connectivity index (χ0n) is 8.54. The van der Waals surface area contributed by atoms with Gasteiger partial charge in [0.1, 0.15) is 0 Å². The van der Waals surface area contributed by atoms with Crippen LogP contribution in [0.25, 0.3) is 0 Å². The molecular weight excluding hydrogens is 184 g/mol. The van der Waals surface area contributed by atoms with Crippen LogP contribution in [0.3, 0.4) is 0 Å². The molecule has 76 valence electrons. The molecule has 0 saturated carbocycles. The number of hydrogen-bond acceptors (Lipinski definition) is 2. The van der Waals surface area contributed by atoms with Crippen molar-refractivity contribution in [3.63, 3.8) is 0 Å². The smallest absolute Gasteiger partial charge is 0.168 e. The van der Waals surface area contributed by atoms with Gasteiger partial charge < -0.3 is 15.0 Å². The summed E-state index contributed by atoms with van der Waals surface area (Å²) >= 11 is 5.19. The molecule has 0 aromatic rings. The van der Waals surface area contributed by atoms with E-state index in [4.69, 9.17) is 17.0 Å². The SMILES string of the molecule is CCC1CN(C(=S)NC)CC(C)O1. The van der Waals surface area contributed by atoms with Gasteiger partial charge in [0, 0.05) is 20.1 Å². The maximum atomic E-state index is 5.73. The van der Waals surface area contributed by atoms with Crippen molar-refractivity contribution in [3.8, 4) is 0 Å². The molecule has 1 fully saturated rings. The summed E-state index contributed by atoms with van der Waals surface area (Å²) in [4.78, 5) is 2.18. The van der Waals surface area contributed by atoms with E-state index in [1.165, 1.54) is 0 Å². The van der Waals surface area contributed by atoms with Crippen molar-refractivity contribution in [2.45, 2.75) is 32.5 Å². The minimum atomic E-state index is 0.282. The molecule has 1 aliphatic rings. The first-order valence-corrected chi connectivity index (χ1v) is 5.20. The monoisotopic (exact) mass is 202 g/mol. The number of hydrogen-bond donors (Lipinski definition) is 1. The predicted octanol–water partition coefficient (Wildman–Crippen LogP) is 0.990. The Hall–Kier alpha value is -0.350. The lowest BCUT2D eigenvalue weighted by molar-refractivity contribution is -0.0586. The fourth-order valence-electron chi connectivity index (χ4n) is 1.59. The molecule has 1 heterocycles. The zero-order valence-corrected chi connectivity index (χ0v) is 9.36. The van der Waals surface area contributed by atoms with Gasteiger partial charge in [-0.05, 0) is 25.6 Å². The van der Waals surface area contributed by atoms with Crippen LogP contribution in [-0.4, -0.2) is 42.4 Å². The van der Waals surface area contributed by atoms with Crippen LogP contribution in [0.1, 0.15) is 20.3 Å². The summed E-state index contributed by atoms with van der Waals surface area (Å²) in [7, 11) is 1.86. The Morgan fingerprint density at radius 1 is 1.62 bits per heavy atom. The van der Waals surface area contributed by atoms with Crippen LogP contribution in [0.4, 0.5) is 0 Å². The van der Waals surface area contributed by atoms with E-state index in [9.17, 15) is 0 Å². The minimum absolute atomic E-state index is 0.282. The predicted molar refractivity (Wildman–Crippen MR) is 57.9 cm³/mol. The maximum absolute atomic E-state index is 5.73. The van der Waals surface area contributed by atoms with E-state index in [-0.39, 0.29) is 6.10 Å². The molecule has 1 aliphatic heterocycles. The van der Waals surface area contributed by atoms with Gasteiger partial charge in [-0.1, -0.05) is 6.92 Å². The highest BCUT2D eigenvalue weighted by atomic mass is 32.1. The highest BCUT2D eigenvalue weighted by Crippen LogP contribution is 2.13. The Morgan fingerprint density at radius 3 is 2.85 bits per heavy atom. The standard InChI is InChI=1S/C9H18N2OS/c1-4-8-6-11(9(13)10-3)5-7(2)12-8/h7-8H,4-6H2,1-3H3,(H,10,13). The summed E-state index contributed by atoms with van der Waals surface area (Å²) in [5.74, 6) is 0. The Balaban J connectivity index is 2.51. The van der Waals surface area contributed by atoms with Crippen LogP contribution < -0.4 is 5.32 Å². The second kappa shape index (κ2) is 4.77. The molecule has 4 heteroatoms. The Morgan fingerprint density at radius 2 is 2.31 bits per heavy atom. The summed E-state index contributed by atoms with van der Waals surface area (Å²) in [5, 5.41) is 3.83. The molecule has 1 N–H and O–H groups in total. The van der Waals surface area contributed by atoms with Crippen molar-refractivity contribution in [1.29, 1.82) is 0 Å². The van der Waals surface area contributed by atoms with E-state index in [1.54, 1.807) is 0 Å². The number of nitrogens with zero attached hydrogens (tertiary/aromatic N) is 1. The van der Waals surface area contributed by atoms with E-state index in [1.807, 2.05) is 7.05 Å². The first-order valence-electron chi connectivity index (χ1n) is 4.79. The summed E-state index contributed by atoms with van der Waals surface area (Å²) in [6.45, 7) is 6.05. The lowest BCUT2D eigenvalue weighted by Gasteiger charge is -2.37. The van der Waals surface area contributed by atoms with Gasteiger partial charge in [0.2, 0.25) is 0 Å². The van der Waals surface area contributed by atoms with Crippen molar-refractivity contribution in [2.75, 3.05) is 20.1 Å². The third kappa shape index (κ3) is 2.81. The average Bonchev–Trinajstić information content (AvgIpc) is 2.15. The summed E-state index contributed by atoms with van der Waals surface area (Å²) in [6.07, 6.45) is 1.66. The summed E-state index contributed by atoms with van der Waals surface area (Å²) in [6, 6.07) is 0. The zero-order chi connectivity index (χ0) is 9.84. The lowest BCUT2D eigenvalue weighted by atomic mass is 10.2. The number of thiocarbonyl (C=S) groups is 1. The number of rotatable bonds is 1. The van der Waals surface area contributed by atoms with Gasteiger partial charge >= 0.3 is 0 Å². The summed E-state index contributed by atoms with van der Waals surface area (Å²) < 4.78 is 5.73. The highest BCUT2D eigenvalue weighted by Gasteiger charge is 2.24. The maximum Gasteiger partial charge on any atom is 0.168 e. The molecule has 1 saturated heterocycles. The number of nitrogens with one attached hydrogen (secondary N) is 1. The first kappa shape index (κ1) is 10.7. The van der Waals surface area contributed by atoms with Gasteiger partial charge in [0.15, 0.2) is 5.11 Å². The lowest BCUT2D eigenvalue weighted by Crippen LogP contribution is -2.51. The van der Waals surface area contributed by atoms with Crippen molar-refractivity contribution in [1.82, 2.24) is 10.2 Å². The van der Waals surface area contributed by atoms with Gasteiger partial charge in [-0.25, -0.2) is 0 Å². The molecular formula is C9H18N2OS. The molecule has 13 heavy (non-hydrogen) atoms. The molecule has 0 aromatic heterocycles. The van der Waals surface area contributed by atoms with E-state index in [0.29, 0.717) is 6.10 Å². The Bertz CT molecular complexity index is 186.